The van der Waals surface area contributed by atoms with Gasteiger partial charge in [0.15, 0.2) is 10.9 Å². The zero-order valence-corrected chi connectivity index (χ0v) is 12.2. The Bertz CT molecular complexity index is 601. The van der Waals surface area contributed by atoms with Gasteiger partial charge in [0.05, 0.1) is 22.2 Å². The van der Waals surface area contributed by atoms with Gasteiger partial charge in [-0.15, -0.1) is 0 Å². The number of aromatic nitrogens is 1. The molecule has 1 heterocycles. The molecule has 0 aliphatic heterocycles. The lowest BCUT2D eigenvalue weighted by Gasteiger charge is -2.13. The summed E-state index contributed by atoms with van der Waals surface area (Å²) in [6.45, 7) is 0. The van der Waals surface area contributed by atoms with Gasteiger partial charge in [-0.1, -0.05) is 46.4 Å². The van der Waals surface area contributed by atoms with E-state index < -0.39 is 0 Å². The van der Waals surface area contributed by atoms with Crippen LogP contribution in [0.15, 0.2) is 24.4 Å². The average molecular weight is 323 g/mol. The number of hydrogen-bond acceptors (Lipinski definition) is 2. The lowest BCUT2D eigenvalue weighted by atomic mass is 10.1. The van der Waals surface area contributed by atoms with Gasteiger partial charge in [0.25, 0.3) is 0 Å². The Balaban J connectivity index is 2.77. The molecule has 0 atom stereocenters. The molecular weight excluding hydrogens is 316 g/mol. The summed E-state index contributed by atoms with van der Waals surface area (Å²) in [6.07, 6.45) is 1.55. The van der Waals surface area contributed by atoms with E-state index in [1.807, 2.05) is 0 Å². The van der Waals surface area contributed by atoms with Crippen LogP contribution in [0.25, 0.3) is 11.1 Å². The van der Waals surface area contributed by atoms with Crippen molar-refractivity contribution in [1.82, 2.24) is 4.98 Å². The molecular formula is C12H7Cl4NO. The molecule has 6 heteroatoms. The summed E-state index contributed by atoms with van der Waals surface area (Å²) in [5.41, 5.74) is 1.22. The third-order valence-electron chi connectivity index (χ3n) is 2.38. The normalized spacial score (nSPS) is 10.5. The van der Waals surface area contributed by atoms with Crippen molar-refractivity contribution in [1.29, 1.82) is 0 Å². The van der Waals surface area contributed by atoms with Crippen LogP contribution in [0.4, 0.5) is 0 Å². The third kappa shape index (κ3) is 2.39. The van der Waals surface area contributed by atoms with Crippen molar-refractivity contribution >= 4 is 46.4 Å². The fourth-order valence-corrected chi connectivity index (χ4v) is 2.55. The maximum absolute atomic E-state index is 6.18. The summed E-state index contributed by atoms with van der Waals surface area (Å²) in [5, 5.41) is 1.46. The number of benzene rings is 1. The van der Waals surface area contributed by atoms with Gasteiger partial charge in [0.1, 0.15) is 0 Å². The molecule has 0 aliphatic carbocycles. The van der Waals surface area contributed by atoms with E-state index in [9.17, 15) is 0 Å². The first-order valence-corrected chi connectivity index (χ1v) is 6.39. The maximum atomic E-state index is 6.18. The van der Waals surface area contributed by atoms with Gasteiger partial charge in [0.2, 0.25) is 0 Å². The Labute approximate surface area is 124 Å². The highest BCUT2D eigenvalue weighted by atomic mass is 35.5. The number of hydrogen-bond donors (Lipinski definition) is 0. The number of ether oxygens (including phenoxy) is 1. The molecule has 0 aliphatic rings. The van der Waals surface area contributed by atoms with Crippen LogP contribution in [0.3, 0.4) is 0 Å². The minimum absolute atomic E-state index is 0.238. The molecule has 0 spiro atoms. The van der Waals surface area contributed by atoms with Crippen LogP contribution in [0.5, 0.6) is 5.75 Å². The van der Waals surface area contributed by atoms with Crippen LogP contribution in [0.1, 0.15) is 0 Å². The zero-order chi connectivity index (χ0) is 13.3. The Hall–Kier alpha value is -0.670. The molecule has 0 saturated carbocycles. The molecule has 94 valence electrons. The second kappa shape index (κ2) is 5.54. The van der Waals surface area contributed by atoms with Crippen LogP contribution < -0.4 is 4.74 Å². The van der Waals surface area contributed by atoms with Crippen LogP contribution in [-0.2, 0) is 0 Å². The number of halogens is 4. The molecule has 2 aromatic rings. The minimum Gasteiger partial charge on any atom is -0.493 e. The number of rotatable bonds is 2. The van der Waals surface area contributed by atoms with Crippen molar-refractivity contribution in [2.24, 2.45) is 0 Å². The lowest BCUT2D eigenvalue weighted by molar-refractivity contribution is 0.415. The fraction of sp³-hybridized carbons (Fsp3) is 0.0833. The largest absolute Gasteiger partial charge is 0.493 e. The molecule has 0 saturated heterocycles. The van der Waals surface area contributed by atoms with Gasteiger partial charge in [-0.2, -0.15) is 0 Å². The van der Waals surface area contributed by atoms with E-state index in [0.29, 0.717) is 31.9 Å². The van der Waals surface area contributed by atoms with E-state index in [1.54, 1.807) is 24.4 Å². The summed E-state index contributed by atoms with van der Waals surface area (Å²) in [7, 11) is 1.50. The third-order valence-corrected chi connectivity index (χ3v) is 3.77. The molecule has 2 nitrogen and oxygen atoms in total. The SMILES string of the molecule is COc1c(-c2c(Cl)ccc(Cl)c2Cl)ccnc1Cl. The van der Waals surface area contributed by atoms with E-state index in [1.165, 1.54) is 7.11 Å². The Kier molecular flexibility index (Phi) is 4.23. The number of pyridine rings is 1. The summed E-state index contributed by atoms with van der Waals surface area (Å²) >= 11 is 24.3. The van der Waals surface area contributed by atoms with E-state index in [4.69, 9.17) is 51.1 Å². The predicted molar refractivity (Wildman–Crippen MR) is 76.3 cm³/mol. The summed E-state index contributed by atoms with van der Waals surface area (Å²) in [5.74, 6) is 0.408. The molecule has 1 aromatic carbocycles. The van der Waals surface area contributed by atoms with Crippen LogP contribution in [0, 0.1) is 0 Å². The highest BCUT2D eigenvalue weighted by Gasteiger charge is 2.17. The van der Waals surface area contributed by atoms with Gasteiger partial charge >= 0.3 is 0 Å². The second-order valence-electron chi connectivity index (χ2n) is 3.40. The summed E-state index contributed by atoms with van der Waals surface area (Å²) in [6, 6.07) is 5.01. The van der Waals surface area contributed by atoms with Crippen molar-refractivity contribution in [2.45, 2.75) is 0 Å². The maximum Gasteiger partial charge on any atom is 0.171 e. The first kappa shape index (κ1) is 13.8. The monoisotopic (exact) mass is 321 g/mol. The van der Waals surface area contributed by atoms with Crippen molar-refractivity contribution in [3.05, 3.63) is 44.6 Å². The Morgan fingerprint density at radius 3 is 2.33 bits per heavy atom. The Morgan fingerprint density at radius 1 is 1.00 bits per heavy atom. The van der Waals surface area contributed by atoms with E-state index >= 15 is 0 Å². The second-order valence-corrected chi connectivity index (χ2v) is 4.95. The number of nitrogens with zero attached hydrogens (tertiary/aromatic N) is 1. The molecule has 0 bridgehead atoms. The summed E-state index contributed by atoms with van der Waals surface area (Å²) in [4.78, 5) is 3.94. The molecule has 1 aromatic heterocycles. The van der Waals surface area contributed by atoms with E-state index in [2.05, 4.69) is 4.98 Å². The molecule has 0 amide bonds. The molecule has 0 radical (unpaired) electrons. The van der Waals surface area contributed by atoms with Crippen molar-refractivity contribution < 1.29 is 4.74 Å². The van der Waals surface area contributed by atoms with Gasteiger partial charge in [-0.3, -0.25) is 0 Å². The van der Waals surface area contributed by atoms with Gasteiger partial charge in [0, 0.05) is 17.3 Å². The molecule has 18 heavy (non-hydrogen) atoms. The highest BCUT2D eigenvalue weighted by Crippen LogP contribution is 2.44. The standard InChI is InChI=1S/C12H7Cl4NO/c1-18-11-6(4-5-17-12(11)16)9-7(13)2-3-8(14)10(9)15/h2-5H,1H3. The fourth-order valence-electron chi connectivity index (χ4n) is 1.59. The first-order chi connectivity index (χ1) is 8.56. The first-order valence-electron chi connectivity index (χ1n) is 4.88. The van der Waals surface area contributed by atoms with Crippen LogP contribution in [-0.4, -0.2) is 12.1 Å². The smallest absolute Gasteiger partial charge is 0.171 e. The average Bonchev–Trinajstić information content (AvgIpc) is 2.35. The van der Waals surface area contributed by atoms with E-state index in [-0.39, 0.29) is 5.15 Å². The summed E-state index contributed by atoms with van der Waals surface area (Å²) < 4.78 is 5.23. The molecule has 0 unspecified atom stereocenters. The van der Waals surface area contributed by atoms with Crippen molar-refractivity contribution in [3.8, 4) is 16.9 Å². The number of methoxy groups -OCH3 is 1. The molecule has 0 N–H and O–H groups in total. The van der Waals surface area contributed by atoms with Gasteiger partial charge in [-0.05, 0) is 18.2 Å². The highest BCUT2D eigenvalue weighted by molar-refractivity contribution is 6.46. The van der Waals surface area contributed by atoms with Crippen molar-refractivity contribution in [2.75, 3.05) is 7.11 Å². The van der Waals surface area contributed by atoms with Crippen LogP contribution >= 0.6 is 46.4 Å². The van der Waals surface area contributed by atoms with Gasteiger partial charge in [-0.25, -0.2) is 4.98 Å². The predicted octanol–water partition coefficient (Wildman–Crippen LogP) is 5.37. The van der Waals surface area contributed by atoms with E-state index in [0.717, 1.165) is 0 Å². The molecule has 2 rings (SSSR count). The van der Waals surface area contributed by atoms with Crippen molar-refractivity contribution in [3.63, 3.8) is 0 Å². The minimum atomic E-state index is 0.238. The Morgan fingerprint density at radius 2 is 1.67 bits per heavy atom. The van der Waals surface area contributed by atoms with Crippen LogP contribution in [0.2, 0.25) is 20.2 Å². The zero-order valence-electron chi connectivity index (χ0n) is 9.18. The molecule has 0 fully saturated rings. The lowest BCUT2D eigenvalue weighted by Crippen LogP contribution is -1.92. The topological polar surface area (TPSA) is 22.1 Å². The quantitative estimate of drug-likeness (QED) is 0.547. The van der Waals surface area contributed by atoms with Gasteiger partial charge < -0.3 is 4.74 Å².